The maximum absolute atomic E-state index is 11.9. The van der Waals surface area contributed by atoms with E-state index in [1.54, 1.807) is 0 Å². The number of hydrogen-bond acceptors (Lipinski definition) is 2. The van der Waals surface area contributed by atoms with Crippen molar-refractivity contribution in [1.82, 2.24) is 0 Å². The molecule has 2 rings (SSSR count). The van der Waals surface area contributed by atoms with Crippen molar-refractivity contribution in [3.63, 3.8) is 0 Å². The molecule has 0 spiro atoms. The Labute approximate surface area is 126 Å². The first-order chi connectivity index (χ1) is 9.79. The minimum absolute atomic E-state index is 0.430. The molecule has 1 heterocycles. The minimum Gasteiger partial charge on any atom is -0.300 e. The van der Waals surface area contributed by atoms with Gasteiger partial charge in [0.1, 0.15) is 5.78 Å². The van der Waals surface area contributed by atoms with E-state index in [0.29, 0.717) is 12.2 Å². The summed E-state index contributed by atoms with van der Waals surface area (Å²) in [6.45, 7) is 2.22. The van der Waals surface area contributed by atoms with Crippen molar-refractivity contribution in [2.24, 2.45) is 0 Å². The second-order valence-corrected chi connectivity index (χ2v) is 6.62. The maximum Gasteiger partial charge on any atom is 0.133 e. The number of carbonyl (C=O) groups is 1. The van der Waals surface area contributed by atoms with Crippen LogP contribution in [0.15, 0.2) is 30.3 Å². The average Bonchev–Trinajstić information content (AvgIpc) is 2.88. The van der Waals surface area contributed by atoms with E-state index in [1.165, 1.54) is 40.6 Å². The fraction of sp³-hybridized carbons (Fsp3) is 0.500. The van der Waals surface area contributed by atoms with Gasteiger partial charge in [-0.15, -0.1) is 11.3 Å². The van der Waals surface area contributed by atoms with Gasteiger partial charge < -0.3 is 0 Å². The molecule has 0 bridgehead atoms. The molecule has 0 aliphatic heterocycles. The predicted molar refractivity (Wildman–Crippen MR) is 88.5 cm³/mol. The molecule has 0 saturated heterocycles. The van der Waals surface area contributed by atoms with Gasteiger partial charge in [-0.05, 0) is 30.4 Å². The van der Waals surface area contributed by atoms with Gasteiger partial charge in [-0.1, -0.05) is 50.8 Å². The Hall–Kier alpha value is -1.15. The highest BCUT2D eigenvalue weighted by atomic mass is 32.1. The van der Waals surface area contributed by atoms with E-state index >= 15 is 0 Å². The number of rotatable bonds is 9. The molecule has 0 unspecified atom stereocenters. The van der Waals surface area contributed by atoms with E-state index in [0.717, 1.165) is 19.3 Å². The zero-order valence-electron chi connectivity index (χ0n) is 12.4. The predicted octanol–water partition coefficient (Wildman–Crippen LogP) is 5.76. The molecule has 20 heavy (non-hydrogen) atoms. The summed E-state index contributed by atoms with van der Waals surface area (Å²) < 4.78 is 1.33. The Bertz CT molecular complexity index is 508. The second kappa shape index (κ2) is 8.21. The number of thiophene rings is 1. The zero-order valence-corrected chi connectivity index (χ0v) is 13.2. The van der Waals surface area contributed by atoms with Gasteiger partial charge in [0.05, 0.1) is 0 Å². The first-order valence-electron chi connectivity index (χ1n) is 7.78. The van der Waals surface area contributed by atoms with Crippen LogP contribution in [0.25, 0.3) is 10.1 Å². The smallest absolute Gasteiger partial charge is 0.133 e. The van der Waals surface area contributed by atoms with Crippen molar-refractivity contribution < 1.29 is 4.79 Å². The molecular weight excluding hydrogens is 264 g/mol. The Balaban J connectivity index is 1.70. The summed E-state index contributed by atoms with van der Waals surface area (Å²) in [7, 11) is 0. The number of ketones is 1. The lowest BCUT2D eigenvalue weighted by atomic mass is 10.1. The molecule has 0 saturated carbocycles. The van der Waals surface area contributed by atoms with Crippen molar-refractivity contribution in [1.29, 1.82) is 0 Å². The molecule has 0 atom stereocenters. The Morgan fingerprint density at radius 3 is 2.65 bits per heavy atom. The quantitative estimate of drug-likeness (QED) is 0.536. The van der Waals surface area contributed by atoms with Gasteiger partial charge in [0.2, 0.25) is 0 Å². The number of fused-ring (bicyclic) bond motifs is 1. The molecule has 0 fully saturated rings. The highest BCUT2D eigenvalue weighted by Crippen LogP contribution is 2.26. The third-order valence-corrected chi connectivity index (χ3v) is 4.86. The third-order valence-electron chi connectivity index (χ3n) is 3.69. The van der Waals surface area contributed by atoms with Gasteiger partial charge in [0.15, 0.2) is 0 Å². The van der Waals surface area contributed by atoms with Crippen molar-refractivity contribution >= 4 is 27.2 Å². The first kappa shape index (κ1) is 15.2. The molecule has 108 valence electrons. The highest BCUT2D eigenvalue weighted by molar-refractivity contribution is 7.19. The average molecular weight is 288 g/mol. The van der Waals surface area contributed by atoms with Gasteiger partial charge in [-0.3, -0.25) is 4.79 Å². The molecular formula is C18H24OS. The lowest BCUT2D eigenvalue weighted by molar-refractivity contribution is -0.119. The lowest BCUT2D eigenvalue weighted by Gasteiger charge is -2.00. The summed E-state index contributed by atoms with van der Waals surface area (Å²) >= 11 is 1.82. The largest absolute Gasteiger partial charge is 0.300 e. The van der Waals surface area contributed by atoms with E-state index in [1.807, 2.05) is 11.3 Å². The zero-order chi connectivity index (χ0) is 14.2. The van der Waals surface area contributed by atoms with Gasteiger partial charge in [-0.25, -0.2) is 0 Å². The van der Waals surface area contributed by atoms with Crippen LogP contribution in [0.2, 0.25) is 0 Å². The first-order valence-corrected chi connectivity index (χ1v) is 8.60. The topological polar surface area (TPSA) is 17.1 Å². The summed E-state index contributed by atoms with van der Waals surface area (Å²) in [4.78, 5) is 13.2. The molecule has 0 aliphatic rings. The number of unbranched alkanes of at least 4 members (excludes halogenated alkanes) is 4. The van der Waals surface area contributed by atoms with Crippen LogP contribution in [-0.4, -0.2) is 5.78 Å². The van der Waals surface area contributed by atoms with Gasteiger partial charge >= 0.3 is 0 Å². The van der Waals surface area contributed by atoms with Gasteiger partial charge in [0.25, 0.3) is 0 Å². The summed E-state index contributed by atoms with van der Waals surface area (Å²) in [5.74, 6) is 0.430. The van der Waals surface area contributed by atoms with Crippen molar-refractivity contribution in [3.05, 3.63) is 35.2 Å². The number of aryl methyl sites for hydroxylation is 1. The lowest BCUT2D eigenvalue weighted by Crippen LogP contribution is -1.99. The Morgan fingerprint density at radius 2 is 1.85 bits per heavy atom. The minimum atomic E-state index is 0.430. The fourth-order valence-electron chi connectivity index (χ4n) is 2.47. The normalized spacial score (nSPS) is 11.1. The molecule has 1 aromatic heterocycles. The van der Waals surface area contributed by atoms with Gasteiger partial charge in [-0.2, -0.15) is 0 Å². The number of benzene rings is 1. The number of carbonyl (C=O) groups excluding carboxylic acids is 1. The summed E-state index contributed by atoms with van der Waals surface area (Å²) in [6, 6.07) is 10.7. The Kier molecular flexibility index (Phi) is 6.25. The van der Waals surface area contributed by atoms with Crippen LogP contribution in [0, 0.1) is 0 Å². The molecule has 0 amide bonds. The standard InChI is InChI=1S/C18H24OS/c1-2-3-4-5-6-10-16(19)12-13-17-14-15-9-7-8-11-18(15)20-17/h7-9,11,14H,2-6,10,12-13H2,1H3. The molecule has 1 nitrogen and oxygen atoms in total. The van der Waals surface area contributed by atoms with Crippen LogP contribution in [0.5, 0.6) is 0 Å². The summed E-state index contributed by atoms with van der Waals surface area (Å²) in [6.07, 6.45) is 8.52. The molecule has 2 aromatic rings. The van der Waals surface area contributed by atoms with Crippen molar-refractivity contribution in [3.8, 4) is 0 Å². The van der Waals surface area contributed by atoms with E-state index in [-0.39, 0.29) is 0 Å². The Morgan fingerprint density at radius 1 is 1.05 bits per heavy atom. The van der Waals surface area contributed by atoms with Crippen molar-refractivity contribution in [2.75, 3.05) is 0 Å². The third kappa shape index (κ3) is 4.75. The molecule has 0 radical (unpaired) electrons. The van der Waals surface area contributed by atoms with Crippen LogP contribution in [0.3, 0.4) is 0 Å². The van der Waals surface area contributed by atoms with Crippen LogP contribution in [0.1, 0.15) is 56.7 Å². The van der Waals surface area contributed by atoms with E-state index in [2.05, 4.69) is 37.3 Å². The fourth-order valence-corrected chi connectivity index (χ4v) is 3.54. The highest BCUT2D eigenvalue weighted by Gasteiger charge is 2.05. The molecule has 1 aromatic carbocycles. The van der Waals surface area contributed by atoms with Crippen LogP contribution in [0.4, 0.5) is 0 Å². The van der Waals surface area contributed by atoms with Gasteiger partial charge in [0, 0.05) is 22.4 Å². The van der Waals surface area contributed by atoms with E-state index in [9.17, 15) is 4.79 Å². The number of hydrogen-bond donors (Lipinski definition) is 0. The summed E-state index contributed by atoms with van der Waals surface area (Å²) in [5, 5.41) is 1.31. The van der Waals surface area contributed by atoms with Crippen LogP contribution < -0.4 is 0 Å². The number of Topliss-reactive ketones (excluding diaryl/α,β-unsaturated/α-hetero) is 1. The van der Waals surface area contributed by atoms with Crippen LogP contribution >= 0.6 is 11.3 Å². The van der Waals surface area contributed by atoms with Crippen LogP contribution in [-0.2, 0) is 11.2 Å². The monoisotopic (exact) mass is 288 g/mol. The summed E-state index contributed by atoms with van der Waals surface area (Å²) in [5.41, 5.74) is 0. The molecule has 0 N–H and O–H groups in total. The molecule has 0 aliphatic carbocycles. The maximum atomic E-state index is 11.9. The second-order valence-electron chi connectivity index (χ2n) is 5.45. The van der Waals surface area contributed by atoms with E-state index < -0.39 is 0 Å². The van der Waals surface area contributed by atoms with E-state index in [4.69, 9.17) is 0 Å². The SMILES string of the molecule is CCCCCCCC(=O)CCc1cc2ccccc2s1. The molecule has 2 heteroatoms. The van der Waals surface area contributed by atoms with Crippen molar-refractivity contribution in [2.45, 2.75) is 58.3 Å².